The third-order valence-corrected chi connectivity index (χ3v) is 7.70. The van der Waals surface area contributed by atoms with Crippen LogP contribution in [0.1, 0.15) is 15.5 Å². The van der Waals surface area contributed by atoms with Crippen LogP contribution in [0.4, 0.5) is 16.2 Å². The van der Waals surface area contributed by atoms with Crippen LogP contribution in [0.3, 0.4) is 0 Å². The highest BCUT2D eigenvalue weighted by atomic mass is 35.5. The summed E-state index contributed by atoms with van der Waals surface area (Å²) in [6, 6.07) is 12.5. The van der Waals surface area contributed by atoms with Gasteiger partial charge in [0.25, 0.3) is 5.91 Å². The van der Waals surface area contributed by atoms with Gasteiger partial charge in [0.15, 0.2) is 0 Å². The van der Waals surface area contributed by atoms with E-state index in [1.165, 1.54) is 11.3 Å². The normalized spacial score (nSPS) is 13.4. The first-order chi connectivity index (χ1) is 18.4. The van der Waals surface area contributed by atoms with Gasteiger partial charge in [-0.2, -0.15) is 0 Å². The van der Waals surface area contributed by atoms with E-state index >= 15 is 0 Å². The van der Waals surface area contributed by atoms with Crippen molar-refractivity contribution in [3.05, 3.63) is 68.6 Å². The molecule has 9 nitrogen and oxygen atoms in total. The third kappa shape index (κ3) is 7.08. The zero-order chi connectivity index (χ0) is 27.1. The predicted molar refractivity (Wildman–Crippen MR) is 151 cm³/mol. The van der Waals surface area contributed by atoms with Crippen LogP contribution < -0.4 is 15.0 Å². The summed E-state index contributed by atoms with van der Waals surface area (Å²) in [5.41, 5.74) is 2.01. The number of carbonyl (C=O) groups is 2. The number of carbonyl (C=O) groups excluding carboxylic acids is 2. The Balaban J connectivity index is 1.35. The van der Waals surface area contributed by atoms with E-state index < -0.39 is 0 Å². The monoisotopic (exact) mass is 577 g/mol. The first-order valence-electron chi connectivity index (χ1n) is 12.0. The number of nitrogens with zero attached hydrogens (tertiary/aromatic N) is 4. The number of anilines is 2. The van der Waals surface area contributed by atoms with E-state index in [4.69, 9.17) is 32.7 Å². The van der Waals surface area contributed by atoms with E-state index in [9.17, 15) is 9.59 Å². The average Bonchev–Trinajstić information content (AvgIpc) is 3.41. The van der Waals surface area contributed by atoms with Gasteiger partial charge in [0.1, 0.15) is 16.5 Å². The van der Waals surface area contributed by atoms with Gasteiger partial charge in [-0.05, 0) is 42.5 Å². The fraction of sp³-hybridized carbons (Fsp3) is 0.346. The van der Waals surface area contributed by atoms with Crippen LogP contribution >= 0.6 is 34.5 Å². The number of hydrogen-bond acceptors (Lipinski definition) is 7. The van der Waals surface area contributed by atoms with Crippen LogP contribution in [-0.2, 0) is 11.3 Å². The maximum atomic E-state index is 13.1. The molecule has 2 heterocycles. The first-order valence-corrected chi connectivity index (χ1v) is 13.6. The van der Waals surface area contributed by atoms with Crippen molar-refractivity contribution < 1.29 is 19.1 Å². The largest absolute Gasteiger partial charge is 0.497 e. The van der Waals surface area contributed by atoms with E-state index in [2.05, 4.69) is 15.2 Å². The second-order valence-corrected chi connectivity index (χ2v) is 10.3. The van der Waals surface area contributed by atoms with Gasteiger partial charge in [-0.25, -0.2) is 9.78 Å². The van der Waals surface area contributed by atoms with Crippen LogP contribution in [0, 0.1) is 0 Å². The van der Waals surface area contributed by atoms with E-state index in [0.717, 1.165) is 24.5 Å². The molecule has 1 fully saturated rings. The number of aromatic nitrogens is 1. The molecule has 0 atom stereocenters. The Morgan fingerprint density at radius 2 is 1.79 bits per heavy atom. The molecule has 12 heteroatoms. The number of hydrogen-bond donors (Lipinski definition) is 1. The fourth-order valence-electron chi connectivity index (χ4n) is 4.00. The van der Waals surface area contributed by atoms with Crippen molar-refractivity contribution in [3.63, 3.8) is 0 Å². The number of urea groups is 1. The molecule has 0 aliphatic carbocycles. The zero-order valence-corrected chi connectivity index (χ0v) is 23.5. The molecular formula is C26H29Cl2N5O4S. The highest BCUT2D eigenvalue weighted by molar-refractivity contribution is 7.09. The van der Waals surface area contributed by atoms with Crippen molar-refractivity contribution in [1.82, 2.24) is 14.8 Å². The van der Waals surface area contributed by atoms with Crippen LogP contribution in [0.2, 0.25) is 10.0 Å². The van der Waals surface area contributed by atoms with E-state index in [1.807, 2.05) is 29.2 Å². The summed E-state index contributed by atoms with van der Waals surface area (Å²) in [4.78, 5) is 36.3. The van der Waals surface area contributed by atoms with Crippen molar-refractivity contribution in [1.29, 1.82) is 0 Å². The molecule has 0 spiro atoms. The summed E-state index contributed by atoms with van der Waals surface area (Å²) in [7, 11) is 3.22. The number of methoxy groups -OCH3 is 2. The lowest BCUT2D eigenvalue weighted by Crippen LogP contribution is -2.48. The van der Waals surface area contributed by atoms with Gasteiger partial charge >= 0.3 is 6.03 Å². The lowest BCUT2D eigenvalue weighted by Gasteiger charge is -2.35. The van der Waals surface area contributed by atoms with E-state index in [-0.39, 0.29) is 18.5 Å². The molecule has 1 aromatic heterocycles. The van der Waals surface area contributed by atoms with Gasteiger partial charge in [0.05, 0.1) is 30.3 Å². The molecule has 2 aromatic carbocycles. The first kappa shape index (κ1) is 28.0. The molecule has 0 bridgehead atoms. The molecule has 38 heavy (non-hydrogen) atoms. The molecule has 0 saturated carbocycles. The van der Waals surface area contributed by atoms with Crippen LogP contribution in [0.15, 0.2) is 47.8 Å². The predicted octanol–water partition coefficient (Wildman–Crippen LogP) is 5.10. The summed E-state index contributed by atoms with van der Waals surface area (Å²) in [5.74, 6) is 0.708. The Hall–Kier alpha value is -3.05. The Labute approximate surface area is 235 Å². The molecule has 1 aliphatic rings. The molecule has 3 amide bonds. The molecule has 0 radical (unpaired) electrons. The van der Waals surface area contributed by atoms with Crippen molar-refractivity contribution >= 4 is 57.9 Å². The maximum Gasteiger partial charge on any atom is 0.322 e. The highest BCUT2D eigenvalue weighted by Gasteiger charge is 2.25. The number of halogens is 2. The van der Waals surface area contributed by atoms with Crippen molar-refractivity contribution in [2.75, 3.05) is 63.8 Å². The molecule has 3 aromatic rings. The molecule has 0 unspecified atom stereocenters. The summed E-state index contributed by atoms with van der Waals surface area (Å²) < 4.78 is 10.4. The molecule has 202 valence electrons. The number of piperazine rings is 1. The Morgan fingerprint density at radius 3 is 2.45 bits per heavy atom. The van der Waals surface area contributed by atoms with Gasteiger partial charge in [0.2, 0.25) is 0 Å². The second kappa shape index (κ2) is 13.1. The smallest absolute Gasteiger partial charge is 0.322 e. The summed E-state index contributed by atoms with van der Waals surface area (Å²) >= 11 is 13.4. The van der Waals surface area contributed by atoms with Crippen molar-refractivity contribution in [2.24, 2.45) is 0 Å². The number of amides is 3. The molecule has 1 aliphatic heterocycles. The van der Waals surface area contributed by atoms with Crippen LogP contribution in [0.25, 0.3) is 0 Å². The number of nitrogens with one attached hydrogen (secondary N) is 1. The zero-order valence-electron chi connectivity index (χ0n) is 21.2. The standard InChI is InChI=1S/C26H29Cl2N5O4S/c1-36-14-13-33(26(35)29-18-3-8-21(27)22(28)15-18)16-24-30-23(17-38-24)25(34)32-11-9-31(10-12-32)19-4-6-20(37-2)7-5-19/h3-8,15,17H,9-14,16H2,1-2H3,(H,29,35). The number of thiazole rings is 1. The van der Waals surface area contributed by atoms with Gasteiger partial charge < -0.3 is 29.5 Å². The van der Waals surface area contributed by atoms with Gasteiger partial charge in [-0.3, -0.25) is 4.79 Å². The highest BCUT2D eigenvalue weighted by Crippen LogP contribution is 2.26. The number of ether oxygens (including phenoxy) is 2. The lowest BCUT2D eigenvalue weighted by atomic mass is 10.2. The fourth-order valence-corrected chi connectivity index (χ4v) is 5.08. The third-order valence-electron chi connectivity index (χ3n) is 6.12. The molecule has 1 N–H and O–H groups in total. The average molecular weight is 579 g/mol. The van der Waals surface area contributed by atoms with Gasteiger partial charge in [0, 0.05) is 56.6 Å². The Morgan fingerprint density at radius 1 is 1.05 bits per heavy atom. The summed E-state index contributed by atoms with van der Waals surface area (Å²) in [6.45, 7) is 3.60. The minimum absolute atomic E-state index is 0.106. The summed E-state index contributed by atoms with van der Waals surface area (Å²) in [5, 5.41) is 5.98. The molecule has 4 rings (SSSR count). The Kier molecular flexibility index (Phi) is 9.68. The van der Waals surface area contributed by atoms with Gasteiger partial charge in [-0.15, -0.1) is 11.3 Å². The van der Waals surface area contributed by atoms with Crippen molar-refractivity contribution in [2.45, 2.75) is 6.54 Å². The minimum Gasteiger partial charge on any atom is -0.497 e. The van der Waals surface area contributed by atoms with E-state index in [0.29, 0.717) is 52.7 Å². The summed E-state index contributed by atoms with van der Waals surface area (Å²) in [6.07, 6.45) is 0. The molecule has 1 saturated heterocycles. The minimum atomic E-state index is -0.335. The number of rotatable bonds is 9. The number of benzene rings is 2. The molecular weight excluding hydrogens is 549 g/mol. The topological polar surface area (TPSA) is 87.2 Å². The quantitative estimate of drug-likeness (QED) is 0.380. The van der Waals surface area contributed by atoms with Crippen LogP contribution in [-0.4, -0.2) is 80.3 Å². The Bertz CT molecular complexity index is 1250. The van der Waals surface area contributed by atoms with Gasteiger partial charge in [-0.1, -0.05) is 23.2 Å². The van der Waals surface area contributed by atoms with E-state index in [1.54, 1.807) is 42.7 Å². The van der Waals surface area contributed by atoms with Crippen molar-refractivity contribution in [3.8, 4) is 5.75 Å². The lowest BCUT2D eigenvalue weighted by molar-refractivity contribution is 0.0741. The SMILES string of the molecule is COCCN(Cc1nc(C(=O)N2CCN(c3ccc(OC)cc3)CC2)cs1)C(=O)Nc1ccc(Cl)c(Cl)c1. The second-order valence-electron chi connectivity index (χ2n) is 8.58. The maximum absolute atomic E-state index is 13.1. The van der Waals surface area contributed by atoms with Crippen LogP contribution in [0.5, 0.6) is 5.75 Å².